The van der Waals surface area contributed by atoms with Crippen molar-refractivity contribution in [1.82, 2.24) is 19.9 Å². The van der Waals surface area contributed by atoms with Crippen LogP contribution in [-0.2, 0) is 0 Å². The molecule has 0 amide bonds. The Morgan fingerprint density at radius 1 is 1.56 bits per heavy atom. The van der Waals surface area contributed by atoms with Crippen LogP contribution >= 0.6 is 0 Å². The molecule has 18 heavy (non-hydrogen) atoms. The number of fused-ring (bicyclic) bond motifs is 1. The summed E-state index contributed by atoms with van der Waals surface area (Å²) in [5.41, 5.74) is 6.96. The molecule has 2 heterocycles. The number of H-pyrrole nitrogens is 1. The number of nitrogen functional groups attached to an aromatic ring is 1. The fourth-order valence-electron chi connectivity index (χ4n) is 1.80. The topological polar surface area (TPSA) is 108 Å². The van der Waals surface area contributed by atoms with E-state index in [0.717, 1.165) is 12.1 Å². The minimum Gasteiger partial charge on any atom is -0.368 e. The van der Waals surface area contributed by atoms with Crippen LogP contribution in [0.4, 0.5) is 11.8 Å². The maximum Gasteiger partial charge on any atom is 0.224 e. The predicted molar refractivity (Wildman–Crippen MR) is 68.8 cm³/mol. The third-order valence-corrected chi connectivity index (χ3v) is 2.68. The molecule has 0 aliphatic carbocycles. The van der Waals surface area contributed by atoms with Crippen molar-refractivity contribution in [3.05, 3.63) is 6.33 Å². The van der Waals surface area contributed by atoms with E-state index in [0.29, 0.717) is 18.0 Å². The van der Waals surface area contributed by atoms with Gasteiger partial charge in [-0.1, -0.05) is 0 Å². The number of rotatable bonds is 4. The molecular formula is C11H15N7. The molecule has 0 saturated carbocycles. The van der Waals surface area contributed by atoms with Gasteiger partial charge in [0.05, 0.1) is 18.3 Å². The predicted octanol–water partition coefficient (Wildman–Crippen LogP) is 0.921. The van der Waals surface area contributed by atoms with Crippen molar-refractivity contribution in [2.24, 2.45) is 5.92 Å². The van der Waals surface area contributed by atoms with E-state index in [1.807, 2.05) is 18.7 Å². The van der Waals surface area contributed by atoms with Crippen molar-refractivity contribution in [2.45, 2.75) is 13.8 Å². The van der Waals surface area contributed by atoms with Crippen molar-refractivity contribution < 1.29 is 0 Å². The van der Waals surface area contributed by atoms with Gasteiger partial charge in [0.15, 0.2) is 11.5 Å². The maximum atomic E-state index is 8.90. The van der Waals surface area contributed by atoms with Crippen LogP contribution in [0.25, 0.3) is 11.2 Å². The first-order valence-electron chi connectivity index (χ1n) is 5.76. The number of hydrogen-bond acceptors (Lipinski definition) is 6. The molecule has 7 heteroatoms. The van der Waals surface area contributed by atoms with E-state index in [1.54, 1.807) is 6.33 Å². The van der Waals surface area contributed by atoms with Crippen LogP contribution in [0.1, 0.15) is 13.8 Å². The number of nitrogens with one attached hydrogen (secondary N) is 1. The molecule has 0 bridgehead atoms. The van der Waals surface area contributed by atoms with Crippen molar-refractivity contribution in [2.75, 3.05) is 23.7 Å². The van der Waals surface area contributed by atoms with Gasteiger partial charge in [-0.25, -0.2) is 4.98 Å². The molecule has 0 aliphatic rings. The van der Waals surface area contributed by atoms with Crippen molar-refractivity contribution in [3.63, 3.8) is 0 Å². The molecule has 3 N–H and O–H groups in total. The van der Waals surface area contributed by atoms with E-state index in [1.165, 1.54) is 0 Å². The number of nitrogens with zero attached hydrogens (tertiary/aromatic N) is 5. The van der Waals surface area contributed by atoms with Crippen LogP contribution in [0.2, 0.25) is 0 Å². The van der Waals surface area contributed by atoms with Crippen molar-refractivity contribution in [1.29, 1.82) is 5.26 Å². The summed E-state index contributed by atoms with van der Waals surface area (Å²) in [5.74, 6) is 0.798. The van der Waals surface area contributed by atoms with Gasteiger partial charge >= 0.3 is 0 Å². The molecule has 0 radical (unpaired) electrons. The Morgan fingerprint density at radius 3 is 3.00 bits per heavy atom. The molecule has 2 aromatic rings. The first-order valence-corrected chi connectivity index (χ1v) is 5.76. The highest BCUT2D eigenvalue weighted by molar-refractivity contribution is 5.84. The van der Waals surface area contributed by atoms with Gasteiger partial charge in [0.1, 0.15) is 5.52 Å². The van der Waals surface area contributed by atoms with Crippen LogP contribution in [0.5, 0.6) is 0 Å². The number of aromatic amines is 1. The summed E-state index contributed by atoms with van der Waals surface area (Å²) in [6.45, 7) is 5.20. The molecule has 0 fully saturated rings. The Bertz CT molecular complexity index is 583. The molecule has 0 saturated heterocycles. The minimum absolute atomic E-state index is 0.0842. The summed E-state index contributed by atoms with van der Waals surface area (Å²) in [4.78, 5) is 17.4. The molecule has 2 rings (SSSR count). The Balaban J connectivity index is 2.44. The summed E-state index contributed by atoms with van der Waals surface area (Å²) < 4.78 is 0. The molecule has 1 unspecified atom stereocenters. The third-order valence-electron chi connectivity index (χ3n) is 2.68. The number of imidazole rings is 1. The standard InChI is InChI=1S/C11H15N7/c1-3-18(5-7(2)4-12)10-8-9(15-6-14-8)16-11(13)17-10/h6-7H,3,5H2,1-2H3,(H3,13,14,15,16,17). The van der Waals surface area contributed by atoms with E-state index in [2.05, 4.69) is 26.0 Å². The number of aromatic nitrogens is 4. The molecule has 0 aliphatic heterocycles. The summed E-state index contributed by atoms with van der Waals surface area (Å²) in [7, 11) is 0. The normalized spacial score (nSPS) is 12.3. The largest absolute Gasteiger partial charge is 0.368 e. The van der Waals surface area contributed by atoms with Crippen molar-refractivity contribution >= 4 is 22.9 Å². The van der Waals surface area contributed by atoms with Gasteiger partial charge in [0.2, 0.25) is 5.95 Å². The van der Waals surface area contributed by atoms with E-state index in [4.69, 9.17) is 11.0 Å². The van der Waals surface area contributed by atoms with Crippen LogP contribution in [0.15, 0.2) is 6.33 Å². The molecule has 0 spiro atoms. The number of anilines is 2. The summed E-state index contributed by atoms with van der Waals surface area (Å²) >= 11 is 0. The van der Waals surface area contributed by atoms with Gasteiger partial charge in [0, 0.05) is 13.1 Å². The van der Waals surface area contributed by atoms with Crippen LogP contribution < -0.4 is 10.6 Å². The van der Waals surface area contributed by atoms with Crippen molar-refractivity contribution in [3.8, 4) is 6.07 Å². The van der Waals surface area contributed by atoms with E-state index < -0.39 is 0 Å². The van der Waals surface area contributed by atoms with Gasteiger partial charge in [-0.3, -0.25) is 0 Å². The van der Waals surface area contributed by atoms with Crippen LogP contribution in [0, 0.1) is 17.2 Å². The number of hydrogen-bond donors (Lipinski definition) is 2. The Hall–Kier alpha value is -2.36. The first-order chi connectivity index (χ1) is 8.65. The van der Waals surface area contributed by atoms with E-state index in [9.17, 15) is 0 Å². The second-order valence-corrected chi connectivity index (χ2v) is 4.08. The van der Waals surface area contributed by atoms with Gasteiger partial charge in [-0.2, -0.15) is 15.2 Å². The molecular weight excluding hydrogens is 230 g/mol. The average molecular weight is 245 g/mol. The third kappa shape index (κ3) is 2.18. The lowest BCUT2D eigenvalue weighted by Gasteiger charge is -2.23. The lowest BCUT2D eigenvalue weighted by Crippen LogP contribution is -2.29. The Kier molecular flexibility index (Phi) is 3.28. The SMILES string of the molecule is CCN(CC(C)C#N)c1nc(N)nc2nc[nH]c12. The summed E-state index contributed by atoms with van der Waals surface area (Å²) in [5, 5.41) is 8.90. The number of nitrogens with two attached hydrogens (primary N) is 1. The average Bonchev–Trinajstić information content (AvgIpc) is 2.82. The fraction of sp³-hybridized carbons (Fsp3) is 0.455. The Morgan fingerprint density at radius 2 is 2.33 bits per heavy atom. The lowest BCUT2D eigenvalue weighted by molar-refractivity contribution is 0.681. The molecule has 0 aromatic carbocycles. The second kappa shape index (κ2) is 4.87. The lowest BCUT2D eigenvalue weighted by atomic mass is 10.2. The first kappa shape index (κ1) is 12.1. The maximum absolute atomic E-state index is 8.90. The summed E-state index contributed by atoms with van der Waals surface area (Å²) in [6.07, 6.45) is 1.56. The van der Waals surface area contributed by atoms with Gasteiger partial charge in [-0.15, -0.1) is 0 Å². The molecule has 7 nitrogen and oxygen atoms in total. The summed E-state index contributed by atoms with van der Waals surface area (Å²) in [6, 6.07) is 2.21. The van der Waals surface area contributed by atoms with Crippen LogP contribution in [-0.4, -0.2) is 33.0 Å². The van der Waals surface area contributed by atoms with E-state index in [-0.39, 0.29) is 11.9 Å². The zero-order valence-corrected chi connectivity index (χ0v) is 10.4. The second-order valence-electron chi connectivity index (χ2n) is 4.08. The highest BCUT2D eigenvalue weighted by Crippen LogP contribution is 2.22. The number of nitriles is 1. The van der Waals surface area contributed by atoms with Crippen LogP contribution in [0.3, 0.4) is 0 Å². The zero-order chi connectivity index (χ0) is 13.1. The zero-order valence-electron chi connectivity index (χ0n) is 10.4. The van der Waals surface area contributed by atoms with Gasteiger partial charge in [-0.05, 0) is 13.8 Å². The highest BCUT2D eigenvalue weighted by Gasteiger charge is 2.16. The van der Waals surface area contributed by atoms with Gasteiger partial charge < -0.3 is 15.6 Å². The molecule has 1 atom stereocenters. The monoisotopic (exact) mass is 245 g/mol. The molecule has 94 valence electrons. The fourth-order valence-corrected chi connectivity index (χ4v) is 1.80. The minimum atomic E-state index is -0.0842. The Labute approximate surface area is 105 Å². The van der Waals surface area contributed by atoms with Gasteiger partial charge in [0.25, 0.3) is 0 Å². The highest BCUT2D eigenvalue weighted by atomic mass is 15.2. The molecule has 2 aromatic heterocycles. The quantitative estimate of drug-likeness (QED) is 0.829. The smallest absolute Gasteiger partial charge is 0.224 e. The van der Waals surface area contributed by atoms with E-state index >= 15 is 0 Å².